The summed E-state index contributed by atoms with van der Waals surface area (Å²) >= 11 is 0. The number of ether oxygens (including phenoxy) is 1. The molecule has 1 atom stereocenters. The van der Waals surface area contributed by atoms with Crippen LogP contribution in [0.1, 0.15) is 5.56 Å². The number of hydrogen-bond donors (Lipinski definition) is 1. The van der Waals surface area contributed by atoms with Crippen LogP contribution in [0.25, 0.3) is 0 Å². The minimum absolute atomic E-state index is 0.220. The average Bonchev–Trinajstić information content (AvgIpc) is 2.64. The SMILES string of the molecule is C=CC(=O)NCC1CN(c2ccc(C(F)(F)F)cc2)c2cccnc2O1. The third-order valence-electron chi connectivity index (χ3n) is 3.90. The van der Waals surface area contributed by atoms with Crippen LogP contribution >= 0.6 is 0 Å². The van der Waals surface area contributed by atoms with Crippen molar-refractivity contribution in [2.75, 3.05) is 18.0 Å². The number of hydrogen-bond acceptors (Lipinski definition) is 4. The third kappa shape index (κ3) is 3.79. The molecule has 5 nitrogen and oxygen atoms in total. The van der Waals surface area contributed by atoms with Gasteiger partial charge in [0.05, 0.1) is 18.7 Å². The molecular formula is C18H16F3N3O2. The first-order valence-electron chi connectivity index (χ1n) is 7.85. The highest BCUT2D eigenvalue weighted by atomic mass is 19.4. The van der Waals surface area contributed by atoms with E-state index in [1.54, 1.807) is 18.3 Å². The number of aromatic nitrogens is 1. The van der Waals surface area contributed by atoms with Gasteiger partial charge in [0.15, 0.2) is 0 Å². The van der Waals surface area contributed by atoms with E-state index in [1.165, 1.54) is 12.1 Å². The average molecular weight is 363 g/mol. The summed E-state index contributed by atoms with van der Waals surface area (Å²) < 4.78 is 44.1. The lowest BCUT2D eigenvalue weighted by atomic mass is 10.1. The fraction of sp³-hybridized carbons (Fsp3) is 0.222. The van der Waals surface area contributed by atoms with Crippen molar-refractivity contribution in [2.24, 2.45) is 0 Å². The zero-order valence-electron chi connectivity index (χ0n) is 13.7. The van der Waals surface area contributed by atoms with Crippen molar-refractivity contribution in [1.29, 1.82) is 0 Å². The molecule has 0 spiro atoms. The molecule has 26 heavy (non-hydrogen) atoms. The number of anilines is 2. The molecule has 1 aliphatic heterocycles. The van der Waals surface area contributed by atoms with Gasteiger partial charge in [-0.3, -0.25) is 4.79 Å². The Morgan fingerprint density at radius 2 is 2.08 bits per heavy atom. The number of fused-ring (bicyclic) bond motifs is 1. The quantitative estimate of drug-likeness (QED) is 0.847. The Bertz CT molecular complexity index is 806. The van der Waals surface area contributed by atoms with Crippen LogP contribution in [0.15, 0.2) is 55.3 Å². The Kier molecular flexibility index (Phi) is 4.83. The molecule has 1 unspecified atom stereocenters. The maximum absolute atomic E-state index is 12.8. The normalized spacial score (nSPS) is 16.4. The van der Waals surface area contributed by atoms with Crippen molar-refractivity contribution >= 4 is 17.3 Å². The number of benzene rings is 1. The number of alkyl halides is 3. The van der Waals surface area contributed by atoms with E-state index in [9.17, 15) is 18.0 Å². The van der Waals surface area contributed by atoms with E-state index in [0.29, 0.717) is 23.8 Å². The molecular weight excluding hydrogens is 347 g/mol. The predicted molar refractivity (Wildman–Crippen MR) is 90.3 cm³/mol. The molecule has 1 aromatic carbocycles. The number of pyridine rings is 1. The van der Waals surface area contributed by atoms with Gasteiger partial charge in [-0.05, 0) is 42.5 Å². The monoisotopic (exact) mass is 363 g/mol. The Morgan fingerprint density at radius 3 is 2.73 bits per heavy atom. The molecule has 2 heterocycles. The second-order valence-electron chi connectivity index (χ2n) is 5.67. The number of halogens is 3. The maximum atomic E-state index is 12.8. The first-order valence-corrected chi connectivity index (χ1v) is 7.85. The van der Waals surface area contributed by atoms with Crippen LogP contribution in [0.3, 0.4) is 0 Å². The fourth-order valence-corrected chi connectivity index (χ4v) is 2.64. The van der Waals surface area contributed by atoms with Crippen LogP contribution in [0.4, 0.5) is 24.5 Å². The molecule has 0 saturated carbocycles. The van der Waals surface area contributed by atoms with Gasteiger partial charge >= 0.3 is 6.18 Å². The minimum Gasteiger partial charge on any atom is -0.469 e. The Hall–Kier alpha value is -3.03. The van der Waals surface area contributed by atoms with E-state index in [-0.39, 0.29) is 12.5 Å². The summed E-state index contributed by atoms with van der Waals surface area (Å²) in [5.74, 6) is 0.0259. The van der Waals surface area contributed by atoms with Crippen LogP contribution in [0, 0.1) is 0 Å². The van der Waals surface area contributed by atoms with Gasteiger partial charge in [0, 0.05) is 11.9 Å². The molecule has 1 aliphatic rings. The van der Waals surface area contributed by atoms with Crippen molar-refractivity contribution < 1.29 is 22.7 Å². The van der Waals surface area contributed by atoms with Gasteiger partial charge in [0.2, 0.25) is 11.8 Å². The molecule has 1 N–H and O–H groups in total. The Balaban J connectivity index is 1.87. The lowest BCUT2D eigenvalue weighted by Gasteiger charge is -2.35. The molecule has 0 radical (unpaired) electrons. The largest absolute Gasteiger partial charge is 0.469 e. The fourth-order valence-electron chi connectivity index (χ4n) is 2.64. The van der Waals surface area contributed by atoms with Gasteiger partial charge in [-0.1, -0.05) is 6.58 Å². The number of carbonyl (C=O) groups is 1. The third-order valence-corrected chi connectivity index (χ3v) is 3.90. The van der Waals surface area contributed by atoms with Crippen molar-refractivity contribution in [1.82, 2.24) is 10.3 Å². The Morgan fingerprint density at radius 1 is 1.35 bits per heavy atom. The van der Waals surface area contributed by atoms with Gasteiger partial charge in [-0.25, -0.2) is 4.98 Å². The Labute approximate surface area is 148 Å². The highest BCUT2D eigenvalue weighted by molar-refractivity contribution is 5.86. The van der Waals surface area contributed by atoms with E-state index >= 15 is 0 Å². The molecule has 3 rings (SSSR count). The van der Waals surface area contributed by atoms with Crippen LogP contribution in [-0.4, -0.2) is 30.1 Å². The van der Waals surface area contributed by atoms with Crippen LogP contribution < -0.4 is 15.0 Å². The van der Waals surface area contributed by atoms with Crippen molar-refractivity contribution in [2.45, 2.75) is 12.3 Å². The number of amides is 1. The summed E-state index contributed by atoms with van der Waals surface area (Å²) in [5.41, 5.74) is 0.518. The van der Waals surface area contributed by atoms with Gasteiger partial charge in [0.1, 0.15) is 11.8 Å². The molecule has 1 amide bonds. The van der Waals surface area contributed by atoms with E-state index in [2.05, 4.69) is 16.9 Å². The molecule has 136 valence electrons. The van der Waals surface area contributed by atoms with Gasteiger partial charge in [-0.15, -0.1) is 0 Å². The molecule has 8 heteroatoms. The molecule has 0 bridgehead atoms. The zero-order chi connectivity index (χ0) is 18.7. The second-order valence-corrected chi connectivity index (χ2v) is 5.67. The number of carbonyl (C=O) groups excluding carboxylic acids is 1. The summed E-state index contributed by atoms with van der Waals surface area (Å²) in [4.78, 5) is 17.4. The first-order chi connectivity index (χ1) is 12.4. The van der Waals surface area contributed by atoms with Crippen molar-refractivity contribution in [3.05, 3.63) is 60.8 Å². The molecule has 2 aromatic rings. The lowest BCUT2D eigenvalue weighted by Crippen LogP contribution is -2.44. The molecule has 0 fully saturated rings. The van der Waals surface area contributed by atoms with Crippen LogP contribution in [0.5, 0.6) is 5.88 Å². The number of rotatable bonds is 4. The summed E-state index contributed by atoms with van der Waals surface area (Å²) in [6, 6.07) is 8.39. The molecule has 0 aliphatic carbocycles. The minimum atomic E-state index is -4.39. The zero-order valence-corrected chi connectivity index (χ0v) is 13.7. The highest BCUT2D eigenvalue weighted by Gasteiger charge is 2.31. The van der Waals surface area contributed by atoms with E-state index in [4.69, 9.17) is 4.74 Å². The summed E-state index contributed by atoms with van der Waals surface area (Å²) in [6.45, 7) is 3.95. The van der Waals surface area contributed by atoms with Gasteiger partial charge in [-0.2, -0.15) is 13.2 Å². The van der Waals surface area contributed by atoms with E-state index in [1.807, 2.05) is 4.90 Å². The van der Waals surface area contributed by atoms with Crippen molar-refractivity contribution in [3.8, 4) is 5.88 Å². The predicted octanol–water partition coefficient (Wildman–Crippen LogP) is 3.30. The number of nitrogens with zero attached hydrogens (tertiary/aromatic N) is 2. The smallest absolute Gasteiger partial charge is 0.416 e. The topological polar surface area (TPSA) is 54.5 Å². The maximum Gasteiger partial charge on any atom is 0.416 e. The standard InChI is InChI=1S/C18H16F3N3O2/c1-2-16(25)23-10-14-11-24(15-4-3-9-22-17(15)26-14)13-7-5-12(6-8-13)18(19,20)21/h2-9,14H,1,10-11H2,(H,23,25). The second kappa shape index (κ2) is 7.07. The van der Waals surface area contributed by atoms with E-state index < -0.39 is 17.8 Å². The van der Waals surface area contributed by atoms with Gasteiger partial charge in [0.25, 0.3) is 0 Å². The summed E-state index contributed by atoms with van der Waals surface area (Å²) in [7, 11) is 0. The van der Waals surface area contributed by atoms with Gasteiger partial charge < -0.3 is 15.0 Å². The molecule has 1 aromatic heterocycles. The number of nitrogens with one attached hydrogen (secondary N) is 1. The summed E-state index contributed by atoms with van der Waals surface area (Å²) in [6.07, 6.45) is -2.08. The van der Waals surface area contributed by atoms with Crippen molar-refractivity contribution in [3.63, 3.8) is 0 Å². The lowest BCUT2D eigenvalue weighted by molar-refractivity contribution is -0.137. The van der Waals surface area contributed by atoms with Crippen LogP contribution in [-0.2, 0) is 11.0 Å². The van der Waals surface area contributed by atoms with E-state index in [0.717, 1.165) is 18.2 Å². The highest BCUT2D eigenvalue weighted by Crippen LogP contribution is 2.37. The van der Waals surface area contributed by atoms with Crippen LogP contribution in [0.2, 0.25) is 0 Å². The first kappa shape index (κ1) is 17.8. The molecule has 0 saturated heterocycles. The summed E-state index contributed by atoms with van der Waals surface area (Å²) in [5, 5.41) is 2.65.